The fourth-order valence-electron chi connectivity index (χ4n) is 1.75. The molecule has 0 atom stereocenters. The van der Waals surface area contributed by atoms with Crippen LogP contribution in [0.15, 0.2) is 41.5 Å². The largest absolute Gasteiger partial charge is 0.542 e. The van der Waals surface area contributed by atoms with Crippen LogP contribution in [0, 0.1) is 0 Å². The number of carboxylic acids is 1. The third-order valence-electron chi connectivity index (χ3n) is 2.82. The van der Waals surface area contributed by atoms with Crippen molar-refractivity contribution in [3.8, 4) is 0 Å². The Hall–Kier alpha value is -2.04. The molecule has 20 heavy (non-hydrogen) atoms. The molecule has 0 saturated carbocycles. The van der Waals surface area contributed by atoms with Crippen molar-refractivity contribution < 1.29 is 18.9 Å². The van der Waals surface area contributed by atoms with Crippen LogP contribution < -0.4 is 9.67 Å². The standard InChI is InChI=1S/C10H19N2.C5H4O3/c1-3-4-5-6-7-12-9-8-11(2)10-12;6-5(7)4-2-1-3-8-4/h8-10H,3-7H2,1-2H3;1-3H,(H,6,7)/q+1;/p-1. The lowest BCUT2D eigenvalue weighted by molar-refractivity contribution is -0.671. The van der Waals surface area contributed by atoms with E-state index < -0.39 is 5.97 Å². The molecule has 2 heterocycles. The van der Waals surface area contributed by atoms with E-state index in [0.717, 1.165) is 0 Å². The fraction of sp³-hybridized carbons (Fsp3) is 0.467. The Morgan fingerprint density at radius 2 is 2.20 bits per heavy atom. The van der Waals surface area contributed by atoms with Crippen LogP contribution in [0.3, 0.4) is 0 Å². The van der Waals surface area contributed by atoms with Gasteiger partial charge in [0.05, 0.1) is 19.9 Å². The Labute approximate surface area is 119 Å². The lowest BCUT2D eigenvalue weighted by atomic mass is 10.2. The number of aromatic nitrogens is 2. The molecule has 2 aromatic heterocycles. The average molecular weight is 278 g/mol. The van der Waals surface area contributed by atoms with Crippen LogP contribution in [-0.2, 0) is 13.6 Å². The van der Waals surface area contributed by atoms with Gasteiger partial charge in [0.15, 0.2) is 0 Å². The van der Waals surface area contributed by atoms with Crippen molar-refractivity contribution in [2.24, 2.45) is 7.05 Å². The first-order valence-electron chi connectivity index (χ1n) is 6.89. The molecule has 0 spiro atoms. The minimum atomic E-state index is -1.28. The number of furan rings is 1. The molecule has 0 aliphatic rings. The maximum Gasteiger partial charge on any atom is 0.243 e. The molecule has 0 unspecified atom stereocenters. The molecule has 0 saturated heterocycles. The summed E-state index contributed by atoms with van der Waals surface area (Å²) in [5.41, 5.74) is 0. The normalized spacial score (nSPS) is 9.90. The molecule has 0 radical (unpaired) electrons. The smallest absolute Gasteiger partial charge is 0.243 e. The molecule has 0 aromatic carbocycles. The Morgan fingerprint density at radius 3 is 2.65 bits per heavy atom. The first-order valence-corrected chi connectivity index (χ1v) is 6.89. The molecular formula is C15H22N2O3. The SMILES string of the molecule is CCCCCCn1cc[n+](C)c1.O=C([O-])c1ccco1. The first-order chi connectivity index (χ1) is 9.63. The zero-order valence-electron chi connectivity index (χ0n) is 12.1. The van der Waals surface area contributed by atoms with Gasteiger partial charge in [0, 0.05) is 0 Å². The highest BCUT2D eigenvalue weighted by molar-refractivity contribution is 5.82. The lowest BCUT2D eigenvalue weighted by Crippen LogP contribution is -2.23. The first kappa shape index (κ1) is 16.0. The zero-order valence-corrected chi connectivity index (χ0v) is 12.1. The molecule has 2 rings (SSSR count). The van der Waals surface area contributed by atoms with Gasteiger partial charge in [-0.05, 0) is 25.0 Å². The maximum absolute atomic E-state index is 9.86. The van der Waals surface area contributed by atoms with Crippen molar-refractivity contribution >= 4 is 5.97 Å². The Bertz CT molecular complexity index is 489. The summed E-state index contributed by atoms with van der Waals surface area (Å²) in [5, 5.41) is 9.86. The summed E-state index contributed by atoms with van der Waals surface area (Å²) in [6.07, 6.45) is 13.0. The predicted molar refractivity (Wildman–Crippen MR) is 72.8 cm³/mol. The molecular weight excluding hydrogens is 256 g/mol. The van der Waals surface area contributed by atoms with E-state index in [1.807, 2.05) is 0 Å². The number of hydrogen-bond acceptors (Lipinski definition) is 3. The van der Waals surface area contributed by atoms with Gasteiger partial charge in [0.25, 0.3) is 0 Å². The molecule has 0 amide bonds. The third-order valence-corrected chi connectivity index (χ3v) is 2.82. The van der Waals surface area contributed by atoms with Crippen LogP contribution in [0.25, 0.3) is 0 Å². The number of carbonyl (C=O) groups excluding carboxylic acids is 1. The van der Waals surface area contributed by atoms with Crippen molar-refractivity contribution in [1.82, 2.24) is 4.57 Å². The van der Waals surface area contributed by atoms with Crippen molar-refractivity contribution in [1.29, 1.82) is 0 Å². The number of aromatic carboxylic acids is 1. The summed E-state index contributed by atoms with van der Waals surface area (Å²) in [6.45, 7) is 3.41. The highest BCUT2D eigenvalue weighted by Gasteiger charge is 1.98. The number of nitrogens with zero attached hydrogens (tertiary/aromatic N) is 2. The molecule has 0 bridgehead atoms. The number of rotatable bonds is 6. The molecule has 110 valence electrons. The van der Waals surface area contributed by atoms with E-state index in [4.69, 9.17) is 0 Å². The van der Waals surface area contributed by atoms with E-state index in [1.54, 1.807) is 0 Å². The van der Waals surface area contributed by atoms with Crippen molar-refractivity contribution in [2.45, 2.75) is 39.2 Å². The predicted octanol–water partition coefficient (Wildman–Crippen LogP) is 1.54. The molecule has 0 fully saturated rings. The molecule has 5 heteroatoms. The minimum Gasteiger partial charge on any atom is -0.542 e. The zero-order chi connectivity index (χ0) is 14.8. The summed E-state index contributed by atoms with van der Waals surface area (Å²) in [5.74, 6) is -1.42. The Kier molecular flexibility index (Phi) is 7.17. The second-order valence-electron chi connectivity index (χ2n) is 4.64. The van der Waals surface area contributed by atoms with E-state index in [2.05, 4.69) is 46.2 Å². The summed E-state index contributed by atoms with van der Waals surface area (Å²) in [6, 6.07) is 2.82. The second kappa shape index (κ2) is 8.96. The highest BCUT2D eigenvalue weighted by Crippen LogP contribution is 2.00. The van der Waals surface area contributed by atoms with Crippen LogP contribution >= 0.6 is 0 Å². The second-order valence-corrected chi connectivity index (χ2v) is 4.64. The van der Waals surface area contributed by atoms with E-state index in [-0.39, 0.29) is 5.76 Å². The minimum absolute atomic E-state index is 0.134. The maximum atomic E-state index is 9.86. The summed E-state index contributed by atoms with van der Waals surface area (Å²) in [7, 11) is 2.06. The number of aryl methyl sites for hydroxylation is 2. The van der Waals surface area contributed by atoms with E-state index >= 15 is 0 Å². The van der Waals surface area contributed by atoms with Gasteiger partial charge in [-0.3, -0.25) is 0 Å². The van der Waals surface area contributed by atoms with Crippen molar-refractivity contribution in [3.05, 3.63) is 42.9 Å². The molecule has 2 aromatic rings. The van der Waals surface area contributed by atoms with Crippen LogP contribution in [0.1, 0.15) is 43.2 Å². The van der Waals surface area contributed by atoms with Gasteiger partial charge in [-0.25, -0.2) is 9.13 Å². The van der Waals surface area contributed by atoms with Gasteiger partial charge in [-0.2, -0.15) is 0 Å². The van der Waals surface area contributed by atoms with Crippen molar-refractivity contribution in [3.63, 3.8) is 0 Å². The molecule has 5 nitrogen and oxygen atoms in total. The number of carboxylic acid groups (broad SMARTS) is 1. The van der Waals surface area contributed by atoms with E-state index in [9.17, 15) is 9.90 Å². The van der Waals surface area contributed by atoms with Crippen LogP contribution in [0.5, 0.6) is 0 Å². The van der Waals surface area contributed by atoms with Gasteiger partial charge in [0.1, 0.15) is 24.1 Å². The van der Waals surface area contributed by atoms with Gasteiger partial charge >= 0.3 is 0 Å². The summed E-state index contributed by atoms with van der Waals surface area (Å²) >= 11 is 0. The van der Waals surface area contributed by atoms with Crippen LogP contribution in [0.2, 0.25) is 0 Å². The molecule has 0 aliphatic heterocycles. The lowest BCUT2D eigenvalue weighted by Gasteiger charge is -1.95. The summed E-state index contributed by atoms with van der Waals surface area (Å²) in [4.78, 5) is 9.86. The number of imidazole rings is 1. The van der Waals surface area contributed by atoms with Crippen LogP contribution in [0.4, 0.5) is 0 Å². The van der Waals surface area contributed by atoms with Gasteiger partial charge in [0.2, 0.25) is 6.33 Å². The molecule has 0 aliphatic carbocycles. The summed E-state index contributed by atoms with van der Waals surface area (Å²) < 4.78 is 8.76. The average Bonchev–Trinajstić information content (AvgIpc) is 3.07. The fourth-order valence-corrected chi connectivity index (χ4v) is 1.75. The Balaban J connectivity index is 0.000000217. The highest BCUT2D eigenvalue weighted by atomic mass is 16.4. The quantitative estimate of drug-likeness (QED) is 0.595. The topological polar surface area (TPSA) is 62.1 Å². The Morgan fingerprint density at radius 1 is 1.40 bits per heavy atom. The molecule has 0 N–H and O–H groups in total. The number of carbonyl (C=O) groups is 1. The number of hydrogen-bond donors (Lipinski definition) is 0. The van der Waals surface area contributed by atoms with Gasteiger partial charge in [-0.1, -0.05) is 19.8 Å². The van der Waals surface area contributed by atoms with E-state index in [1.165, 1.54) is 50.6 Å². The van der Waals surface area contributed by atoms with Crippen LogP contribution in [-0.4, -0.2) is 10.5 Å². The van der Waals surface area contributed by atoms with Crippen molar-refractivity contribution in [2.75, 3.05) is 0 Å². The van der Waals surface area contributed by atoms with Gasteiger partial charge in [-0.15, -0.1) is 0 Å². The van der Waals surface area contributed by atoms with Gasteiger partial charge < -0.3 is 14.3 Å². The monoisotopic (exact) mass is 278 g/mol. The van der Waals surface area contributed by atoms with E-state index in [0.29, 0.717) is 0 Å². The third kappa shape index (κ3) is 6.22. The number of unbranched alkanes of at least 4 members (excludes halogenated alkanes) is 3.